The van der Waals surface area contributed by atoms with Crippen LogP contribution in [-0.2, 0) is 15.7 Å². The minimum Gasteiger partial charge on any atom is -0.354 e. The van der Waals surface area contributed by atoms with Gasteiger partial charge in [0.05, 0.1) is 17.2 Å². The summed E-state index contributed by atoms with van der Waals surface area (Å²) in [5, 5.41) is 2.42. The van der Waals surface area contributed by atoms with Gasteiger partial charge >= 0.3 is 6.18 Å². The number of halogens is 3. The van der Waals surface area contributed by atoms with E-state index in [1.54, 1.807) is 6.92 Å². The van der Waals surface area contributed by atoms with E-state index in [2.05, 4.69) is 5.32 Å². The first-order valence-corrected chi connectivity index (χ1v) is 5.84. The molecule has 0 bridgehead atoms. The molecule has 1 amide bonds. The van der Waals surface area contributed by atoms with E-state index in [1.807, 2.05) is 0 Å². The van der Waals surface area contributed by atoms with Crippen LogP contribution in [0.25, 0.3) is 0 Å². The van der Waals surface area contributed by atoms with Gasteiger partial charge < -0.3 is 14.8 Å². The fourth-order valence-corrected chi connectivity index (χ4v) is 1.79. The maximum atomic E-state index is 12.8. The van der Waals surface area contributed by atoms with E-state index in [1.165, 1.54) is 26.4 Å². The molecule has 1 aromatic rings. The van der Waals surface area contributed by atoms with Gasteiger partial charge in [0.2, 0.25) is 0 Å². The number of methoxy groups -OCH3 is 2. The SMILES string of the molecule is COC(OC)C(C)NC(=O)c1ccccc1C(F)(F)F. The number of hydrogen-bond acceptors (Lipinski definition) is 3. The molecule has 0 heterocycles. The standard InChI is InChI=1S/C13H16F3NO3/c1-8(12(19-2)20-3)17-11(18)9-6-4-5-7-10(9)13(14,15)16/h4-8,12H,1-3H3,(H,17,18). The average Bonchev–Trinajstić information content (AvgIpc) is 2.39. The molecule has 0 spiro atoms. The minimum atomic E-state index is -4.58. The maximum Gasteiger partial charge on any atom is 0.417 e. The van der Waals surface area contributed by atoms with Crippen LogP contribution in [0.2, 0.25) is 0 Å². The maximum absolute atomic E-state index is 12.8. The smallest absolute Gasteiger partial charge is 0.354 e. The summed E-state index contributed by atoms with van der Waals surface area (Å²) in [6, 6.07) is 4.00. The number of nitrogens with one attached hydrogen (secondary N) is 1. The fourth-order valence-electron chi connectivity index (χ4n) is 1.79. The summed E-state index contributed by atoms with van der Waals surface area (Å²) in [7, 11) is 2.75. The third-order valence-electron chi connectivity index (χ3n) is 2.71. The molecule has 0 saturated heterocycles. The monoisotopic (exact) mass is 291 g/mol. The first kappa shape index (κ1) is 16.5. The van der Waals surface area contributed by atoms with Crippen molar-refractivity contribution in [1.29, 1.82) is 0 Å². The van der Waals surface area contributed by atoms with Crippen LogP contribution in [0.1, 0.15) is 22.8 Å². The number of ether oxygens (including phenoxy) is 2. The molecule has 0 aliphatic heterocycles. The first-order chi connectivity index (χ1) is 9.31. The van der Waals surface area contributed by atoms with Crippen molar-refractivity contribution in [2.45, 2.75) is 25.4 Å². The number of alkyl halides is 3. The van der Waals surface area contributed by atoms with Gasteiger partial charge in [-0.1, -0.05) is 12.1 Å². The number of carbonyl (C=O) groups excluding carboxylic acids is 1. The van der Waals surface area contributed by atoms with E-state index in [0.29, 0.717) is 0 Å². The van der Waals surface area contributed by atoms with Crippen molar-refractivity contribution in [3.05, 3.63) is 35.4 Å². The third-order valence-corrected chi connectivity index (χ3v) is 2.71. The normalized spacial score (nSPS) is 13.3. The summed E-state index contributed by atoms with van der Waals surface area (Å²) in [6.07, 6.45) is -5.32. The molecule has 0 fully saturated rings. The number of amides is 1. The second kappa shape index (κ2) is 6.71. The lowest BCUT2D eigenvalue weighted by Crippen LogP contribution is -2.43. The molecule has 1 rings (SSSR count). The van der Waals surface area contributed by atoms with E-state index in [9.17, 15) is 18.0 Å². The molecule has 1 unspecified atom stereocenters. The van der Waals surface area contributed by atoms with Gasteiger partial charge in [0, 0.05) is 14.2 Å². The molecule has 4 nitrogen and oxygen atoms in total. The summed E-state index contributed by atoms with van der Waals surface area (Å²) in [6.45, 7) is 1.58. The van der Waals surface area contributed by atoms with Crippen LogP contribution < -0.4 is 5.32 Å². The van der Waals surface area contributed by atoms with Crippen molar-refractivity contribution in [2.75, 3.05) is 14.2 Å². The quantitative estimate of drug-likeness (QED) is 0.848. The van der Waals surface area contributed by atoms with Gasteiger partial charge in [-0.2, -0.15) is 13.2 Å². The van der Waals surface area contributed by atoms with E-state index >= 15 is 0 Å². The Morgan fingerprint density at radius 1 is 1.20 bits per heavy atom. The van der Waals surface area contributed by atoms with E-state index in [0.717, 1.165) is 12.1 Å². The van der Waals surface area contributed by atoms with Crippen molar-refractivity contribution in [3.8, 4) is 0 Å². The number of benzene rings is 1. The van der Waals surface area contributed by atoms with Gasteiger partial charge in [-0.05, 0) is 19.1 Å². The Kier molecular flexibility index (Phi) is 5.52. The number of carbonyl (C=O) groups is 1. The molecule has 0 aromatic heterocycles. The molecular formula is C13H16F3NO3. The molecule has 20 heavy (non-hydrogen) atoms. The summed E-state index contributed by atoms with van der Waals surface area (Å²) in [5.74, 6) is -0.829. The lowest BCUT2D eigenvalue weighted by Gasteiger charge is -2.22. The molecule has 0 radical (unpaired) electrons. The summed E-state index contributed by atoms with van der Waals surface area (Å²) < 4.78 is 48.3. The highest BCUT2D eigenvalue weighted by atomic mass is 19.4. The van der Waals surface area contributed by atoms with Crippen molar-refractivity contribution in [2.24, 2.45) is 0 Å². The number of hydrogen-bond donors (Lipinski definition) is 1. The Labute approximate surface area is 114 Å². The molecule has 0 aliphatic rings. The van der Waals surface area contributed by atoms with Crippen molar-refractivity contribution < 1.29 is 27.4 Å². The Hall–Kier alpha value is -1.60. The predicted octanol–water partition coefficient (Wildman–Crippen LogP) is 2.44. The zero-order chi connectivity index (χ0) is 15.3. The number of rotatable bonds is 5. The molecule has 7 heteroatoms. The van der Waals surface area contributed by atoms with Gasteiger partial charge in [-0.15, -0.1) is 0 Å². The van der Waals surface area contributed by atoms with Crippen molar-refractivity contribution in [1.82, 2.24) is 5.32 Å². The third kappa shape index (κ3) is 3.94. The summed E-state index contributed by atoms with van der Waals surface area (Å²) >= 11 is 0. The second-order valence-corrected chi connectivity index (χ2v) is 4.15. The van der Waals surface area contributed by atoms with Crippen LogP contribution in [-0.4, -0.2) is 32.5 Å². The van der Waals surface area contributed by atoms with Crippen LogP contribution in [0.3, 0.4) is 0 Å². The molecule has 0 aliphatic carbocycles. The van der Waals surface area contributed by atoms with Gasteiger partial charge in [0.25, 0.3) is 5.91 Å². The zero-order valence-corrected chi connectivity index (χ0v) is 11.3. The molecule has 0 saturated carbocycles. The van der Waals surface area contributed by atoms with Gasteiger partial charge in [-0.3, -0.25) is 4.79 Å². The Bertz CT molecular complexity index is 458. The fraction of sp³-hybridized carbons (Fsp3) is 0.462. The lowest BCUT2D eigenvalue weighted by molar-refractivity contribution is -0.138. The second-order valence-electron chi connectivity index (χ2n) is 4.15. The molecule has 1 aromatic carbocycles. The Morgan fingerprint density at radius 3 is 2.25 bits per heavy atom. The zero-order valence-electron chi connectivity index (χ0n) is 11.3. The Morgan fingerprint density at radius 2 is 1.75 bits per heavy atom. The van der Waals surface area contributed by atoms with Crippen molar-refractivity contribution >= 4 is 5.91 Å². The summed E-state index contributed by atoms with van der Waals surface area (Å²) in [5.41, 5.74) is -1.41. The largest absolute Gasteiger partial charge is 0.417 e. The highest BCUT2D eigenvalue weighted by Gasteiger charge is 2.35. The van der Waals surface area contributed by atoms with Gasteiger partial charge in [0.1, 0.15) is 0 Å². The van der Waals surface area contributed by atoms with E-state index in [-0.39, 0.29) is 0 Å². The lowest BCUT2D eigenvalue weighted by atomic mass is 10.1. The average molecular weight is 291 g/mol. The predicted molar refractivity (Wildman–Crippen MR) is 66.2 cm³/mol. The van der Waals surface area contributed by atoms with Crippen LogP contribution in [0, 0.1) is 0 Å². The van der Waals surface area contributed by atoms with Crippen LogP contribution in [0.4, 0.5) is 13.2 Å². The molecular weight excluding hydrogens is 275 g/mol. The van der Waals surface area contributed by atoms with Gasteiger partial charge in [0.15, 0.2) is 6.29 Å². The van der Waals surface area contributed by atoms with Crippen LogP contribution in [0.15, 0.2) is 24.3 Å². The Balaban J connectivity index is 2.94. The topological polar surface area (TPSA) is 47.6 Å². The highest BCUT2D eigenvalue weighted by Crippen LogP contribution is 2.31. The van der Waals surface area contributed by atoms with E-state index in [4.69, 9.17) is 9.47 Å². The summed E-state index contributed by atoms with van der Waals surface area (Å²) in [4.78, 5) is 11.9. The minimum absolute atomic E-state index is 0.433. The first-order valence-electron chi connectivity index (χ1n) is 5.84. The van der Waals surface area contributed by atoms with E-state index < -0.39 is 35.5 Å². The molecule has 112 valence electrons. The van der Waals surface area contributed by atoms with Crippen molar-refractivity contribution in [3.63, 3.8) is 0 Å². The van der Waals surface area contributed by atoms with Crippen LogP contribution in [0.5, 0.6) is 0 Å². The highest BCUT2D eigenvalue weighted by molar-refractivity contribution is 5.96. The van der Waals surface area contributed by atoms with Crippen LogP contribution >= 0.6 is 0 Å². The molecule has 1 N–H and O–H groups in total. The molecule has 1 atom stereocenters. The van der Waals surface area contributed by atoms with Gasteiger partial charge in [-0.25, -0.2) is 0 Å².